The quantitative estimate of drug-likeness (QED) is 0.315. The number of nitrogens with one attached hydrogen (secondary N) is 1. The molecule has 4 N–H and O–H groups in total. The molecule has 1 fully saturated rings. The molecule has 1 aliphatic rings. The Morgan fingerprint density at radius 3 is 3.11 bits per heavy atom. The number of oxime groups is 1. The first-order chi connectivity index (χ1) is 9.24. The Balaban J connectivity index is 2.08. The monoisotopic (exact) mass is 265 g/mol. The zero-order valence-electron chi connectivity index (χ0n) is 10.9. The summed E-state index contributed by atoms with van der Waals surface area (Å²) < 4.78 is 10.5. The zero-order valence-corrected chi connectivity index (χ0v) is 10.9. The van der Waals surface area contributed by atoms with Gasteiger partial charge in [0.05, 0.1) is 19.3 Å². The molecule has 1 heterocycles. The Morgan fingerprint density at radius 1 is 1.63 bits per heavy atom. The number of benzene rings is 1. The number of nitrogens with two attached hydrogens (primary N) is 1. The van der Waals surface area contributed by atoms with Crippen LogP contribution in [0.3, 0.4) is 0 Å². The van der Waals surface area contributed by atoms with Gasteiger partial charge in [-0.05, 0) is 24.1 Å². The minimum atomic E-state index is 0.0444. The molecule has 0 amide bonds. The third kappa shape index (κ3) is 3.36. The molecule has 0 saturated carbocycles. The van der Waals surface area contributed by atoms with Gasteiger partial charge in [0, 0.05) is 19.2 Å². The standard InChI is InChI=1S/C13H19N3O3/c1-18-12-3-2-9(6-11(12)13(14)16-17)7-15-10-4-5-19-8-10/h2-3,6,10,15,17H,4-5,7-8H2,1H3,(H2,14,16). The number of ether oxygens (including phenoxy) is 2. The van der Waals surface area contributed by atoms with Crippen LogP contribution in [0.2, 0.25) is 0 Å². The smallest absolute Gasteiger partial charge is 0.173 e. The van der Waals surface area contributed by atoms with Gasteiger partial charge in [0.25, 0.3) is 0 Å². The average molecular weight is 265 g/mol. The van der Waals surface area contributed by atoms with Gasteiger partial charge in [0.2, 0.25) is 0 Å². The highest BCUT2D eigenvalue weighted by Crippen LogP contribution is 2.20. The predicted molar refractivity (Wildman–Crippen MR) is 71.6 cm³/mol. The molecular weight excluding hydrogens is 246 g/mol. The van der Waals surface area contributed by atoms with E-state index in [-0.39, 0.29) is 5.84 Å². The molecule has 6 nitrogen and oxygen atoms in total. The summed E-state index contributed by atoms with van der Waals surface area (Å²) >= 11 is 0. The first-order valence-corrected chi connectivity index (χ1v) is 6.20. The lowest BCUT2D eigenvalue weighted by atomic mass is 10.1. The summed E-state index contributed by atoms with van der Waals surface area (Å²) in [5.74, 6) is 0.631. The van der Waals surface area contributed by atoms with Crippen LogP contribution in [0, 0.1) is 0 Å². The number of rotatable bonds is 5. The number of nitrogens with zero attached hydrogens (tertiary/aromatic N) is 1. The van der Waals surface area contributed by atoms with Crippen molar-refractivity contribution in [3.8, 4) is 5.75 Å². The predicted octanol–water partition coefficient (Wildman–Crippen LogP) is 0.668. The van der Waals surface area contributed by atoms with E-state index in [0.29, 0.717) is 23.9 Å². The van der Waals surface area contributed by atoms with Gasteiger partial charge in [-0.1, -0.05) is 11.2 Å². The highest BCUT2D eigenvalue weighted by Gasteiger charge is 2.15. The van der Waals surface area contributed by atoms with Crippen molar-refractivity contribution in [1.82, 2.24) is 5.32 Å². The van der Waals surface area contributed by atoms with Gasteiger partial charge >= 0.3 is 0 Å². The summed E-state index contributed by atoms with van der Waals surface area (Å²) in [7, 11) is 1.55. The van der Waals surface area contributed by atoms with Crippen LogP contribution < -0.4 is 15.8 Å². The molecule has 0 aromatic heterocycles. The first-order valence-electron chi connectivity index (χ1n) is 6.20. The van der Waals surface area contributed by atoms with Gasteiger partial charge in [-0.15, -0.1) is 0 Å². The van der Waals surface area contributed by atoms with E-state index < -0.39 is 0 Å². The second-order valence-corrected chi connectivity index (χ2v) is 4.46. The molecule has 1 atom stereocenters. The Kier molecular flexibility index (Phi) is 4.59. The van der Waals surface area contributed by atoms with Gasteiger partial charge in [-0.25, -0.2) is 0 Å². The largest absolute Gasteiger partial charge is 0.496 e. The lowest BCUT2D eigenvalue weighted by Gasteiger charge is -2.13. The maximum absolute atomic E-state index is 8.78. The zero-order chi connectivity index (χ0) is 13.7. The van der Waals surface area contributed by atoms with Gasteiger partial charge in [-0.2, -0.15) is 0 Å². The van der Waals surface area contributed by atoms with Crippen molar-refractivity contribution in [3.63, 3.8) is 0 Å². The molecule has 1 aliphatic heterocycles. The highest BCUT2D eigenvalue weighted by atomic mass is 16.5. The molecule has 0 spiro atoms. The second kappa shape index (κ2) is 6.40. The summed E-state index contributed by atoms with van der Waals surface area (Å²) in [6.07, 6.45) is 1.03. The molecule has 0 aliphatic carbocycles. The molecule has 0 bridgehead atoms. The highest BCUT2D eigenvalue weighted by molar-refractivity contribution is 5.99. The van der Waals surface area contributed by atoms with Crippen LogP contribution in [0.15, 0.2) is 23.4 Å². The van der Waals surface area contributed by atoms with Crippen molar-refractivity contribution in [2.75, 3.05) is 20.3 Å². The molecule has 1 saturated heterocycles. The molecule has 6 heteroatoms. The van der Waals surface area contributed by atoms with Gasteiger partial charge < -0.3 is 25.7 Å². The number of amidine groups is 1. The molecule has 104 valence electrons. The minimum Gasteiger partial charge on any atom is -0.496 e. The molecule has 1 unspecified atom stereocenters. The average Bonchev–Trinajstić information content (AvgIpc) is 2.97. The number of hydrogen-bond acceptors (Lipinski definition) is 5. The van der Waals surface area contributed by atoms with E-state index in [1.165, 1.54) is 0 Å². The van der Waals surface area contributed by atoms with Gasteiger partial charge in [0.1, 0.15) is 5.75 Å². The molecule has 2 rings (SSSR count). The van der Waals surface area contributed by atoms with Crippen molar-refractivity contribution in [3.05, 3.63) is 29.3 Å². The van der Waals surface area contributed by atoms with E-state index in [1.54, 1.807) is 7.11 Å². The summed E-state index contributed by atoms with van der Waals surface area (Å²) in [4.78, 5) is 0. The van der Waals surface area contributed by atoms with Crippen molar-refractivity contribution in [1.29, 1.82) is 0 Å². The Morgan fingerprint density at radius 2 is 2.47 bits per heavy atom. The van der Waals surface area contributed by atoms with Crippen molar-refractivity contribution in [2.24, 2.45) is 10.9 Å². The van der Waals surface area contributed by atoms with E-state index in [1.807, 2.05) is 18.2 Å². The summed E-state index contributed by atoms with van der Waals surface area (Å²) in [5, 5.41) is 15.2. The van der Waals surface area contributed by atoms with Crippen molar-refractivity contribution in [2.45, 2.75) is 19.0 Å². The lowest BCUT2D eigenvalue weighted by molar-refractivity contribution is 0.190. The first kappa shape index (κ1) is 13.6. The van der Waals surface area contributed by atoms with E-state index in [0.717, 1.165) is 25.2 Å². The molecular formula is C13H19N3O3. The maximum atomic E-state index is 8.78. The molecule has 0 radical (unpaired) electrons. The van der Waals surface area contributed by atoms with Crippen LogP contribution in [-0.4, -0.2) is 37.4 Å². The summed E-state index contributed by atoms with van der Waals surface area (Å²) in [6, 6.07) is 6.02. The summed E-state index contributed by atoms with van der Waals surface area (Å²) in [6.45, 7) is 2.28. The van der Waals surface area contributed by atoms with E-state index in [2.05, 4.69) is 10.5 Å². The second-order valence-electron chi connectivity index (χ2n) is 4.46. The van der Waals surface area contributed by atoms with Crippen molar-refractivity contribution >= 4 is 5.84 Å². The van der Waals surface area contributed by atoms with Crippen LogP contribution in [0.4, 0.5) is 0 Å². The summed E-state index contributed by atoms with van der Waals surface area (Å²) in [5.41, 5.74) is 7.28. The normalized spacial score (nSPS) is 19.6. The molecule has 1 aromatic rings. The minimum absolute atomic E-state index is 0.0444. The molecule has 19 heavy (non-hydrogen) atoms. The fourth-order valence-electron chi connectivity index (χ4n) is 2.08. The van der Waals surface area contributed by atoms with E-state index in [9.17, 15) is 0 Å². The maximum Gasteiger partial charge on any atom is 0.173 e. The number of methoxy groups -OCH3 is 1. The number of hydrogen-bond donors (Lipinski definition) is 3. The van der Waals surface area contributed by atoms with Crippen LogP contribution in [-0.2, 0) is 11.3 Å². The van der Waals surface area contributed by atoms with Crippen LogP contribution in [0.5, 0.6) is 5.75 Å². The lowest BCUT2D eigenvalue weighted by Crippen LogP contribution is -2.28. The van der Waals surface area contributed by atoms with Crippen molar-refractivity contribution < 1.29 is 14.7 Å². The SMILES string of the molecule is COc1ccc(CNC2CCOC2)cc1/C(N)=N/O. The topological polar surface area (TPSA) is 89.1 Å². The molecule has 1 aromatic carbocycles. The third-order valence-corrected chi connectivity index (χ3v) is 3.17. The third-order valence-electron chi connectivity index (χ3n) is 3.17. The van der Waals surface area contributed by atoms with E-state index >= 15 is 0 Å². The Bertz CT molecular complexity index is 456. The Labute approximate surface area is 112 Å². The fraction of sp³-hybridized carbons (Fsp3) is 0.462. The van der Waals surface area contributed by atoms with Gasteiger partial charge in [0.15, 0.2) is 5.84 Å². The van der Waals surface area contributed by atoms with E-state index in [4.69, 9.17) is 20.4 Å². The van der Waals surface area contributed by atoms with Gasteiger partial charge in [-0.3, -0.25) is 0 Å². The Hall–Kier alpha value is -1.79. The van der Waals surface area contributed by atoms with Crippen LogP contribution in [0.25, 0.3) is 0 Å². The van der Waals surface area contributed by atoms with Crippen LogP contribution >= 0.6 is 0 Å². The fourth-order valence-corrected chi connectivity index (χ4v) is 2.08. The van der Waals surface area contributed by atoms with Crippen LogP contribution in [0.1, 0.15) is 17.5 Å².